The number of ether oxygens (including phenoxy) is 1. The molecule has 0 bridgehead atoms. The largest absolute Gasteiger partial charge is 0.460 e. The third kappa shape index (κ3) is 9.22. The molecule has 0 aliphatic carbocycles. The third-order valence-electron chi connectivity index (χ3n) is 1.79. The smallest absolute Gasteiger partial charge is 0.330 e. The number of carbonyl (C=O) groups is 1. The first-order valence-electron chi connectivity index (χ1n) is 5.14. The zero-order chi connectivity index (χ0) is 11.7. The Morgan fingerprint density at radius 2 is 2.00 bits per heavy atom. The molecule has 15 heavy (non-hydrogen) atoms. The molecule has 0 aromatic rings. The molecular formula is C12H20O3. The summed E-state index contributed by atoms with van der Waals surface area (Å²) in [6, 6.07) is 0. The van der Waals surface area contributed by atoms with E-state index in [1.165, 1.54) is 11.6 Å². The first kappa shape index (κ1) is 13.9. The molecule has 1 N–H and O–H groups in total. The van der Waals surface area contributed by atoms with Gasteiger partial charge < -0.3 is 9.84 Å². The Labute approximate surface area is 91.4 Å². The van der Waals surface area contributed by atoms with Crippen LogP contribution in [0, 0.1) is 0 Å². The van der Waals surface area contributed by atoms with Crippen molar-refractivity contribution in [1.82, 2.24) is 0 Å². The topological polar surface area (TPSA) is 46.5 Å². The molecule has 0 aromatic carbocycles. The monoisotopic (exact) mass is 212 g/mol. The number of esters is 1. The lowest BCUT2D eigenvalue weighted by Crippen LogP contribution is -2.05. The van der Waals surface area contributed by atoms with Gasteiger partial charge in [-0.05, 0) is 33.6 Å². The van der Waals surface area contributed by atoms with Gasteiger partial charge in [-0.25, -0.2) is 4.79 Å². The van der Waals surface area contributed by atoms with Crippen molar-refractivity contribution in [2.45, 2.75) is 33.6 Å². The SMILES string of the molecule is CC(C)=CCC/C(C)=C\C(=O)OCCO. The van der Waals surface area contributed by atoms with Crippen LogP contribution in [0.25, 0.3) is 0 Å². The zero-order valence-electron chi connectivity index (χ0n) is 9.75. The number of hydrogen-bond donors (Lipinski definition) is 1. The minimum atomic E-state index is -0.376. The Hall–Kier alpha value is -1.09. The number of aliphatic hydroxyl groups excluding tert-OH is 1. The van der Waals surface area contributed by atoms with Crippen molar-refractivity contribution in [2.24, 2.45) is 0 Å². The van der Waals surface area contributed by atoms with E-state index in [1.807, 2.05) is 6.92 Å². The predicted molar refractivity (Wildman–Crippen MR) is 60.5 cm³/mol. The van der Waals surface area contributed by atoms with Gasteiger partial charge in [-0.1, -0.05) is 17.2 Å². The first-order chi connectivity index (χ1) is 7.06. The van der Waals surface area contributed by atoms with Crippen LogP contribution in [0.1, 0.15) is 33.6 Å². The van der Waals surface area contributed by atoms with E-state index in [2.05, 4.69) is 19.9 Å². The van der Waals surface area contributed by atoms with Crippen molar-refractivity contribution in [1.29, 1.82) is 0 Å². The van der Waals surface area contributed by atoms with E-state index in [0.29, 0.717) is 0 Å². The van der Waals surface area contributed by atoms with Crippen LogP contribution in [0.5, 0.6) is 0 Å². The summed E-state index contributed by atoms with van der Waals surface area (Å²) >= 11 is 0. The zero-order valence-corrected chi connectivity index (χ0v) is 9.75. The minimum absolute atomic E-state index is 0.0661. The maximum atomic E-state index is 11.1. The number of allylic oxidation sites excluding steroid dienone is 3. The fraction of sp³-hybridized carbons (Fsp3) is 0.583. The highest BCUT2D eigenvalue weighted by molar-refractivity contribution is 5.82. The van der Waals surface area contributed by atoms with Gasteiger partial charge >= 0.3 is 5.97 Å². The number of rotatable bonds is 6. The van der Waals surface area contributed by atoms with Gasteiger partial charge in [0, 0.05) is 6.08 Å². The van der Waals surface area contributed by atoms with Crippen LogP contribution in [0.2, 0.25) is 0 Å². The van der Waals surface area contributed by atoms with Crippen molar-refractivity contribution in [2.75, 3.05) is 13.2 Å². The van der Waals surface area contributed by atoms with Crippen molar-refractivity contribution in [3.8, 4) is 0 Å². The molecule has 3 nitrogen and oxygen atoms in total. The average Bonchev–Trinajstić information content (AvgIpc) is 2.14. The van der Waals surface area contributed by atoms with Gasteiger partial charge in [0.15, 0.2) is 0 Å². The first-order valence-corrected chi connectivity index (χ1v) is 5.14. The van der Waals surface area contributed by atoms with Crippen molar-refractivity contribution < 1.29 is 14.6 Å². The second-order valence-corrected chi connectivity index (χ2v) is 3.70. The van der Waals surface area contributed by atoms with E-state index >= 15 is 0 Å². The molecular weight excluding hydrogens is 192 g/mol. The van der Waals surface area contributed by atoms with E-state index in [0.717, 1.165) is 18.4 Å². The van der Waals surface area contributed by atoms with Crippen LogP contribution < -0.4 is 0 Å². The Morgan fingerprint density at radius 3 is 2.53 bits per heavy atom. The molecule has 0 saturated carbocycles. The van der Waals surface area contributed by atoms with Gasteiger partial charge in [-0.15, -0.1) is 0 Å². The molecule has 0 amide bonds. The molecule has 0 rings (SSSR count). The van der Waals surface area contributed by atoms with Gasteiger partial charge in [0.25, 0.3) is 0 Å². The van der Waals surface area contributed by atoms with Gasteiger partial charge in [-0.2, -0.15) is 0 Å². The second-order valence-electron chi connectivity index (χ2n) is 3.70. The molecule has 0 radical (unpaired) electrons. The van der Waals surface area contributed by atoms with Gasteiger partial charge in [-0.3, -0.25) is 0 Å². The van der Waals surface area contributed by atoms with Crippen LogP contribution in [0.15, 0.2) is 23.3 Å². The normalized spacial score (nSPS) is 11.1. The lowest BCUT2D eigenvalue weighted by molar-refractivity contribution is -0.138. The summed E-state index contributed by atoms with van der Waals surface area (Å²) in [6.07, 6.45) is 5.42. The maximum Gasteiger partial charge on any atom is 0.330 e. The predicted octanol–water partition coefficient (Wildman–Crippen LogP) is 2.21. The lowest BCUT2D eigenvalue weighted by Gasteiger charge is -2.00. The van der Waals surface area contributed by atoms with Crippen LogP contribution >= 0.6 is 0 Å². The Bertz CT molecular complexity index is 248. The summed E-state index contributed by atoms with van der Waals surface area (Å²) in [7, 11) is 0. The molecule has 0 saturated heterocycles. The molecule has 0 atom stereocenters. The van der Waals surface area contributed by atoms with Crippen LogP contribution in [-0.4, -0.2) is 24.3 Å². The highest BCUT2D eigenvalue weighted by Gasteiger charge is 1.98. The Morgan fingerprint density at radius 1 is 1.33 bits per heavy atom. The number of aliphatic hydroxyl groups is 1. The quantitative estimate of drug-likeness (QED) is 0.417. The molecule has 0 heterocycles. The molecule has 0 aromatic heterocycles. The Kier molecular flexibility index (Phi) is 7.64. The van der Waals surface area contributed by atoms with Crippen molar-refractivity contribution >= 4 is 5.97 Å². The van der Waals surface area contributed by atoms with Crippen LogP contribution in [-0.2, 0) is 9.53 Å². The molecule has 0 aliphatic rings. The second kappa shape index (κ2) is 8.24. The van der Waals surface area contributed by atoms with Gasteiger partial charge in [0.1, 0.15) is 6.61 Å². The van der Waals surface area contributed by atoms with Gasteiger partial charge in [0.05, 0.1) is 6.61 Å². The van der Waals surface area contributed by atoms with E-state index in [9.17, 15) is 4.79 Å². The molecule has 3 heteroatoms. The summed E-state index contributed by atoms with van der Waals surface area (Å²) in [6.45, 7) is 5.94. The molecule has 0 aliphatic heterocycles. The minimum Gasteiger partial charge on any atom is -0.460 e. The summed E-state index contributed by atoms with van der Waals surface area (Å²) in [5, 5.41) is 8.45. The van der Waals surface area contributed by atoms with E-state index in [-0.39, 0.29) is 19.2 Å². The fourth-order valence-electron chi connectivity index (χ4n) is 1.05. The van der Waals surface area contributed by atoms with Crippen molar-refractivity contribution in [3.05, 3.63) is 23.3 Å². The summed E-state index contributed by atoms with van der Waals surface area (Å²) in [5.74, 6) is -0.376. The summed E-state index contributed by atoms with van der Waals surface area (Å²) in [5.41, 5.74) is 2.28. The third-order valence-corrected chi connectivity index (χ3v) is 1.79. The van der Waals surface area contributed by atoms with Crippen LogP contribution in [0.4, 0.5) is 0 Å². The summed E-state index contributed by atoms with van der Waals surface area (Å²) < 4.78 is 4.71. The van der Waals surface area contributed by atoms with Crippen LogP contribution in [0.3, 0.4) is 0 Å². The summed E-state index contributed by atoms with van der Waals surface area (Å²) in [4.78, 5) is 11.1. The number of hydrogen-bond acceptors (Lipinski definition) is 3. The average molecular weight is 212 g/mol. The maximum absolute atomic E-state index is 11.1. The van der Waals surface area contributed by atoms with E-state index < -0.39 is 0 Å². The lowest BCUT2D eigenvalue weighted by atomic mass is 10.1. The standard InChI is InChI=1S/C12H20O3/c1-10(2)5-4-6-11(3)9-12(14)15-8-7-13/h5,9,13H,4,6-8H2,1-3H3/b11-9-. The Balaban J connectivity index is 3.87. The molecule has 0 spiro atoms. The van der Waals surface area contributed by atoms with Gasteiger partial charge in [0.2, 0.25) is 0 Å². The number of carbonyl (C=O) groups excluding carboxylic acids is 1. The van der Waals surface area contributed by atoms with E-state index in [4.69, 9.17) is 9.84 Å². The highest BCUT2D eigenvalue weighted by atomic mass is 16.5. The highest BCUT2D eigenvalue weighted by Crippen LogP contribution is 2.06. The molecule has 86 valence electrons. The van der Waals surface area contributed by atoms with E-state index in [1.54, 1.807) is 0 Å². The molecule has 0 unspecified atom stereocenters. The van der Waals surface area contributed by atoms with Crippen molar-refractivity contribution in [3.63, 3.8) is 0 Å². The molecule has 0 fully saturated rings. The fourth-order valence-corrected chi connectivity index (χ4v) is 1.05.